The first-order valence-electron chi connectivity index (χ1n) is 17.6. The summed E-state index contributed by atoms with van der Waals surface area (Å²) < 4.78 is 36.8. The molecule has 264 valence electrons. The van der Waals surface area contributed by atoms with Crippen molar-refractivity contribution in [1.82, 2.24) is 0 Å². The maximum Gasteiger partial charge on any atom is 0.215 e. The van der Waals surface area contributed by atoms with E-state index in [0.29, 0.717) is 30.5 Å². The number of hydrogen-bond donors (Lipinski definition) is 0. The fourth-order valence-electron chi connectivity index (χ4n) is 6.82. The summed E-state index contributed by atoms with van der Waals surface area (Å²) >= 11 is 0. The van der Waals surface area contributed by atoms with Crippen LogP contribution in [0.15, 0.2) is 133 Å². The van der Waals surface area contributed by atoms with Crippen molar-refractivity contribution in [2.45, 2.75) is 57.6 Å². The lowest BCUT2D eigenvalue weighted by molar-refractivity contribution is 0.180. The molecule has 0 aliphatic carbocycles. The van der Waals surface area contributed by atoms with Gasteiger partial charge in [-0.15, -0.1) is 0 Å². The Morgan fingerprint density at radius 1 is 0.627 bits per heavy atom. The second kappa shape index (κ2) is 16.8. The molecule has 0 saturated heterocycles. The summed E-state index contributed by atoms with van der Waals surface area (Å²) in [7, 11) is 2.65. The molecule has 0 spiro atoms. The van der Waals surface area contributed by atoms with Crippen molar-refractivity contribution in [3.05, 3.63) is 160 Å². The molecule has 0 saturated carbocycles. The second-order valence-corrected chi connectivity index (χ2v) is 17.2. The predicted octanol–water partition coefficient (Wildman–Crippen LogP) is 10.1. The van der Waals surface area contributed by atoms with E-state index in [1.165, 1.54) is 10.8 Å². The van der Waals surface area contributed by atoms with E-state index in [1.54, 1.807) is 21.3 Å². The van der Waals surface area contributed by atoms with Crippen LogP contribution in [-0.2, 0) is 24.1 Å². The first kappa shape index (κ1) is 35.8. The van der Waals surface area contributed by atoms with Crippen molar-refractivity contribution in [2.24, 2.45) is 0 Å². The third-order valence-corrected chi connectivity index (χ3v) is 12.3. The maximum absolute atomic E-state index is 7.06. The molecule has 0 bridgehead atoms. The molecule has 0 fully saturated rings. The molecule has 5 aromatic carbocycles. The van der Waals surface area contributed by atoms with Crippen LogP contribution >= 0.6 is 0 Å². The molecule has 1 unspecified atom stereocenters. The van der Waals surface area contributed by atoms with Crippen LogP contribution in [0.1, 0.15) is 46.6 Å². The van der Waals surface area contributed by atoms with Crippen LogP contribution in [-0.4, -0.2) is 35.8 Å². The van der Waals surface area contributed by atoms with Gasteiger partial charge in [0.2, 0.25) is 8.32 Å². The summed E-state index contributed by atoms with van der Waals surface area (Å²) in [5, 5.41) is 1.29. The minimum absolute atomic E-state index is 0.137. The molecule has 1 heterocycles. The fraction of sp³-hybridized carbons (Fsp3) is 0.273. The van der Waals surface area contributed by atoms with E-state index in [2.05, 4.69) is 79.8 Å². The normalized spacial score (nSPS) is 15.7. The third kappa shape index (κ3) is 9.04. The number of hydrogen-bond acceptors (Lipinski definition) is 6. The predicted molar refractivity (Wildman–Crippen MR) is 206 cm³/mol. The van der Waals surface area contributed by atoms with Crippen molar-refractivity contribution in [2.75, 3.05) is 21.3 Å². The van der Waals surface area contributed by atoms with E-state index >= 15 is 0 Å². The highest BCUT2D eigenvalue weighted by Gasteiger charge is 2.41. The average Bonchev–Trinajstić information content (AvgIpc) is 3.17. The molecule has 0 radical (unpaired) electrons. The topological polar surface area (TPSA) is 55.4 Å². The lowest BCUT2D eigenvalue weighted by atomic mass is 9.88. The molecule has 1 aliphatic rings. The molecule has 1 aliphatic heterocycles. The first-order chi connectivity index (χ1) is 24.9. The fourth-order valence-corrected chi connectivity index (χ4v) is 9.62. The smallest absolute Gasteiger partial charge is 0.215 e. The zero-order valence-corrected chi connectivity index (χ0v) is 31.3. The van der Waals surface area contributed by atoms with Gasteiger partial charge in [0, 0.05) is 29.7 Å². The van der Waals surface area contributed by atoms with Crippen molar-refractivity contribution >= 4 is 8.32 Å². The zero-order valence-electron chi connectivity index (χ0n) is 30.3. The van der Waals surface area contributed by atoms with Crippen LogP contribution in [0.2, 0.25) is 13.1 Å². The van der Waals surface area contributed by atoms with E-state index in [9.17, 15) is 0 Å². The van der Waals surface area contributed by atoms with Crippen LogP contribution in [0.5, 0.6) is 28.7 Å². The minimum atomic E-state index is -2.40. The molecular weight excluding hydrogens is 653 g/mol. The highest BCUT2D eigenvalue weighted by atomic mass is 28.4. The van der Waals surface area contributed by atoms with E-state index in [0.717, 1.165) is 53.0 Å². The van der Waals surface area contributed by atoms with Gasteiger partial charge in [-0.1, -0.05) is 91.0 Å². The second-order valence-electron chi connectivity index (χ2n) is 13.3. The molecule has 7 heteroatoms. The number of benzene rings is 5. The van der Waals surface area contributed by atoms with Gasteiger partial charge in [-0.2, -0.15) is 0 Å². The van der Waals surface area contributed by atoms with Gasteiger partial charge in [0.15, 0.2) is 0 Å². The summed E-state index contributed by atoms with van der Waals surface area (Å²) in [5.41, 5.74) is 5.64. The number of rotatable bonds is 15. The van der Waals surface area contributed by atoms with E-state index in [1.807, 2.05) is 60.7 Å². The molecule has 6 nitrogen and oxygen atoms in total. The lowest BCUT2D eigenvalue weighted by Gasteiger charge is -2.40. The summed E-state index contributed by atoms with van der Waals surface area (Å²) in [4.78, 5) is 0. The van der Waals surface area contributed by atoms with Crippen LogP contribution in [0, 0.1) is 0 Å². The summed E-state index contributed by atoms with van der Waals surface area (Å²) in [5.74, 6) is 3.65. The zero-order chi connectivity index (χ0) is 35.6. The summed E-state index contributed by atoms with van der Waals surface area (Å²) in [6.07, 6.45) is 5.27. The van der Waals surface area contributed by atoms with E-state index in [-0.39, 0.29) is 12.0 Å². The van der Waals surface area contributed by atoms with Crippen LogP contribution in [0.4, 0.5) is 0 Å². The third-order valence-electron chi connectivity index (χ3n) is 9.50. The monoisotopic (exact) mass is 700 g/mol. The molecule has 0 N–H and O–H groups in total. The number of ether oxygens (including phenoxy) is 5. The van der Waals surface area contributed by atoms with Gasteiger partial charge in [-0.25, -0.2) is 0 Å². The van der Waals surface area contributed by atoms with Crippen LogP contribution < -0.4 is 23.7 Å². The van der Waals surface area contributed by atoms with Crippen molar-refractivity contribution in [3.63, 3.8) is 0 Å². The molecule has 6 rings (SSSR count). The van der Waals surface area contributed by atoms with Gasteiger partial charge in [0.25, 0.3) is 0 Å². The van der Waals surface area contributed by atoms with Crippen molar-refractivity contribution < 1.29 is 28.1 Å². The Kier molecular flexibility index (Phi) is 11.8. The van der Waals surface area contributed by atoms with E-state index < -0.39 is 8.32 Å². The Morgan fingerprint density at radius 2 is 1.16 bits per heavy atom. The molecule has 51 heavy (non-hydrogen) atoms. The van der Waals surface area contributed by atoms with Gasteiger partial charge in [0.1, 0.15) is 42.0 Å². The molecule has 2 atom stereocenters. The highest BCUT2D eigenvalue weighted by molar-refractivity contribution is 6.79. The van der Waals surface area contributed by atoms with Crippen LogP contribution in [0.3, 0.4) is 0 Å². The average molecular weight is 701 g/mol. The number of aryl methyl sites for hydroxylation is 1. The Bertz CT molecular complexity index is 1850. The van der Waals surface area contributed by atoms with E-state index in [4.69, 9.17) is 28.1 Å². The summed E-state index contributed by atoms with van der Waals surface area (Å²) in [6.45, 7) is 5.68. The molecule has 0 amide bonds. The van der Waals surface area contributed by atoms with Gasteiger partial charge in [0.05, 0.1) is 21.3 Å². The summed E-state index contributed by atoms with van der Waals surface area (Å²) in [6, 6.07) is 41.2. The van der Waals surface area contributed by atoms with Gasteiger partial charge < -0.3 is 28.1 Å². The largest absolute Gasteiger partial charge is 0.496 e. The number of methoxy groups -OCH3 is 3. The van der Waals surface area contributed by atoms with Gasteiger partial charge >= 0.3 is 0 Å². The first-order valence-corrected chi connectivity index (χ1v) is 20.5. The van der Waals surface area contributed by atoms with Crippen molar-refractivity contribution in [3.8, 4) is 28.7 Å². The SMILES string of the molecule is COc1cc(OC)c(C(C2=CC[C@H](CCc3ccc(OCc4ccccc4)cc3)O[Si]2(C)C)c2ccc(OCc3ccccc3)cc2)c(OC)c1. The molecule has 5 aromatic rings. The number of allylic oxidation sites excluding steroid dienone is 1. The quantitative estimate of drug-likeness (QED) is 0.101. The standard InChI is InChI=1S/C44H48O6Si/c1-45-39-28-40(46-2)44(41(29-39)47-3)43(35-19-24-37(25-20-35)49-31-34-14-10-7-11-15-34)42-27-26-38(50-51(42,4)5)23-18-32-16-21-36(22-17-32)48-30-33-12-8-6-9-13-33/h6-17,19-22,24-25,27-29,38,43H,18,23,26,30-31H2,1-5H3/t38-,43?/m0/s1. The molecule has 0 aromatic heterocycles. The van der Waals surface area contributed by atoms with Gasteiger partial charge in [-0.05, 0) is 84.1 Å². The van der Waals surface area contributed by atoms with Crippen LogP contribution in [0.25, 0.3) is 0 Å². The Hall–Kier alpha value is -4.98. The lowest BCUT2D eigenvalue weighted by Crippen LogP contribution is -2.43. The molecular formula is C44H48O6Si. The Labute approximate surface area is 303 Å². The Balaban J connectivity index is 1.22. The minimum Gasteiger partial charge on any atom is -0.496 e. The maximum atomic E-state index is 7.06. The highest BCUT2D eigenvalue weighted by Crippen LogP contribution is 2.49. The van der Waals surface area contributed by atoms with Crippen molar-refractivity contribution in [1.29, 1.82) is 0 Å². The van der Waals surface area contributed by atoms with Gasteiger partial charge in [-0.3, -0.25) is 0 Å². The Morgan fingerprint density at radius 3 is 1.65 bits per heavy atom.